The number of hydrogen-bond acceptors (Lipinski definition) is 2. The number of anilines is 1. The van der Waals surface area contributed by atoms with Crippen LogP contribution in [0.25, 0.3) is 0 Å². The van der Waals surface area contributed by atoms with Crippen molar-refractivity contribution in [2.75, 3.05) is 5.32 Å². The zero-order valence-electron chi connectivity index (χ0n) is 11.0. The molecule has 0 amide bonds. The Kier molecular flexibility index (Phi) is 5.05. The molecule has 4 heteroatoms. The molecule has 0 aliphatic heterocycles. The minimum atomic E-state index is 0.220. The van der Waals surface area contributed by atoms with Gasteiger partial charge in [-0.25, -0.2) is 0 Å². The Labute approximate surface area is 132 Å². The van der Waals surface area contributed by atoms with Crippen LogP contribution in [0.2, 0.25) is 5.02 Å². The lowest BCUT2D eigenvalue weighted by Gasteiger charge is -2.16. The summed E-state index contributed by atoms with van der Waals surface area (Å²) < 4.78 is 0.956. The first-order valence-corrected chi connectivity index (χ1v) is 7.46. The van der Waals surface area contributed by atoms with Crippen LogP contribution in [-0.4, -0.2) is 6.04 Å². The molecule has 0 saturated heterocycles. The van der Waals surface area contributed by atoms with Gasteiger partial charge in [0.2, 0.25) is 0 Å². The molecule has 2 aromatic rings. The van der Waals surface area contributed by atoms with Crippen LogP contribution in [0.4, 0.5) is 5.69 Å². The molecule has 1 N–H and O–H groups in total. The predicted octanol–water partition coefficient (Wildman–Crippen LogP) is 5.02. The van der Waals surface area contributed by atoms with Crippen LogP contribution in [-0.2, 0) is 6.42 Å². The number of hydrogen-bond donors (Lipinski definition) is 1. The largest absolute Gasteiger partial charge is 0.381 e. The zero-order chi connectivity index (χ0) is 14.5. The van der Waals surface area contributed by atoms with Crippen molar-refractivity contribution in [2.45, 2.75) is 19.4 Å². The van der Waals surface area contributed by atoms with E-state index in [4.69, 9.17) is 16.9 Å². The second-order valence-electron chi connectivity index (χ2n) is 4.68. The number of halogens is 2. The molecule has 1 unspecified atom stereocenters. The summed E-state index contributed by atoms with van der Waals surface area (Å²) in [4.78, 5) is 0. The molecule has 1 atom stereocenters. The third kappa shape index (κ3) is 4.00. The fourth-order valence-electron chi connectivity index (χ4n) is 2.02. The lowest BCUT2D eigenvalue weighted by atomic mass is 10.1. The summed E-state index contributed by atoms with van der Waals surface area (Å²) in [6.07, 6.45) is 0.870. The molecule has 0 saturated carbocycles. The lowest BCUT2D eigenvalue weighted by Crippen LogP contribution is -2.18. The van der Waals surface area contributed by atoms with Crippen molar-refractivity contribution in [3.63, 3.8) is 0 Å². The van der Waals surface area contributed by atoms with Crippen molar-refractivity contribution in [1.82, 2.24) is 0 Å². The quantitative estimate of drug-likeness (QED) is 0.841. The number of nitrogens with one attached hydrogen (secondary N) is 1. The topological polar surface area (TPSA) is 35.8 Å². The molecule has 0 spiro atoms. The molecule has 0 aliphatic rings. The first-order valence-electron chi connectivity index (χ1n) is 6.29. The van der Waals surface area contributed by atoms with Gasteiger partial charge in [0.1, 0.15) is 6.07 Å². The fraction of sp³-hybridized carbons (Fsp3) is 0.188. The molecular weight excluding hydrogens is 336 g/mol. The highest BCUT2D eigenvalue weighted by Crippen LogP contribution is 2.22. The Morgan fingerprint density at radius 2 is 1.95 bits per heavy atom. The van der Waals surface area contributed by atoms with E-state index in [-0.39, 0.29) is 6.04 Å². The van der Waals surface area contributed by atoms with Crippen LogP contribution in [0.3, 0.4) is 0 Å². The van der Waals surface area contributed by atoms with E-state index in [1.165, 1.54) is 5.56 Å². The maximum Gasteiger partial charge on any atom is 0.101 e. The number of benzene rings is 2. The molecule has 2 nitrogen and oxygen atoms in total. The summed E-state index contributed by atoms with van der Waals surface area (Å²) in [5, 5.41) is 13.2. The van der Waals surface area contributed by atoms with Crippen LogP contribution in [0, 0.1) is 11.3 Å². The van der Waals surface area contributed by atoms with E-state index in [2.05, 4.69) is 34.2 Å². The molecule has 0 radical (unpaired) electrons. The molecule has 20 heavy (non-hydrogen) atoms. The van der Waals surface area contributed by atoms with Gasteiger partial charge < -0.3 is 5.32 Å². The van der Waals surface area contributed by atoms with Gasteiger partial charge >= 0.3 is 0 Å². The molecule has 0 bridgehead atoms. The Balaban J connectivity index is 2.08. The zero-order valence-corrected chi connectivity index (χ0v) is 13.4. The van der Waals surface area contributed by atoms with Crippen molar-refractivity contribution in [3.8, 4) is 6.07 Å². The second kappa shape index (κ2) is 6.78. The average Bonchev–Trinajstić information content (AvgIpc) is 2.41. The maximum absolute atomic E-state index is 9.12. The van der Waals surface area contributed by atoms with E-state index < -0.39 is 0 Å². The smallest absolute Gasteiger partial charge is 0.101 e. The molecular formula is C16H14BrClN2. The first-order chi connectivity index (χ1) is 9.58. The molecule has 2 aromatic carbocycles. The van der Waals surface area contributed by atoms with Crippen molar-refractivity contribution < 1.29 is 0 Å². The average molecular weight is 350 g/mol. The molecule has 0 aromatic heterocycles. The van der Waals surface area contributed by atoms with E-state index in [0.29, 0.717) is 5.56 Å². The standard InChI is InChI=1S/C16H14BrClN2/c1-11(8-12-2-6-15(18)7-3-12)20-16-9-14(17)5-4-13(16)10-19/h2-7,9,11,20H,8H2,1H3. The predicted molar refractivity (Wildman–Crippen MR) is 87.1 cm³/mol. The van der Waals surface area contributed by atoms with Gasteiger partial charge in [0.05, 0.1) is 11.3 Å². The van der Waals surface area contributed by atoms with E-state index in [0.717, 1.165) is 21.6 Å². The summed E-state index contributed by atoms with van der Waals surface area (Å²) in [5.74, 6) is 0. The maximum atomic E-state index is 9.12. The monoisotopic (exact) mass is 348 g/mol. The third-order valence-corrected chi connectivity index (χ3v) is 3.70. The van der Waals surface area contributed by atoms with Gasteiger partial charge in [0, 0.05) is 15.5 Å². The van der Waals surface area contributed by atoms with Gasteiger partial charge in [-0.05, 0) is 49.2 Å². The van der Waals surface area contributed by atoms with Crippen molar-refractivity contribution >= 4 is 33.2 Å². The Bertz CT molecular complexity index is 632. The lowest BCUT2D eigenvalue weighted by molar-refractivity contribution is 0.790. The number of nitriles is 1. The summed E-state index contributed by atoms with van der Waals surface area (Å²) in [7, 11) is 0. The van der Waals surface area contributed by atoms with Gasteiger partial charge in [-0.2, -0.15) is 5.26 Å². The Morgan fingerprint density at radius 1 is 1.25 bits per heavy atom. The van der Waals surface area contributed by atoms with Gasteiger partial charge in [-0.15, -0.1) is 0 Å². The molecule has 102 valence electrons. The highest BCUT2D eigenvalue weighted by Gasteiger charge is 2.08. The van der Waals surface area contributed by atoms with Crippen LogP contribution in [0.5, 0.6) is 0 Å². The van der Waals surface area contributed by atoms with Crippen LogP contribution in [0.15, 0.2) is 46.9 Å². The number of nitrogens with zero attached hydrogens (tertiary/aromatic N) is 1. The van der Waals surface area contributed by atoms with E-state index in [1.54, 1.807) is 6.07 Å². The normalized spacial score (nSPS) is 11.7. The van der Waals surface area contributed by atoms with Gasteiger partial charge in [-0.3, -0.25) is 0 Å². The van der Waals surface area contributed by atoms with Crippen molar-refractivity contribution in [3.05, 3.63) is 63.1 Å². The van der Waals surface area contributed by atoms with Crippen LogP contribution in [0.1, 0.15) is 18.1 Å². The molecule has 0 aliphatic carbocycles. The number of rotatable bonds is 4. The highest BCUT2D eigenvalue weighted by molar-refractivity contribution is 9.10. The van der Waals surface area contributed by atoms with E-state index in [9.17, 15) is 0 Å². The fourth-order valence-corrected chi connectivity index (χ4v) is 2.51. The summed E-state index contributed by atoms with van der Waals surface area (Å²) in [5.41, 5.74) is 2.71. The van der Waals surface area contributed by atoms with Gasteiger partial charge in [0.25, 0.3) is 0 Å². The van der Waals surface area contributed by atoms with Gasteiger partial charge in [0.15, 0.2) is 0 Å². The van der Waals surface area contributed by atoms with E-state index in [1.807, 2.05) is 36.4 Å². The SMILES string of the molecule is CC(Cc1ccc(Cl)cc1)Nc1cc(Br)ccc1C#N. The van der Waals surface area contributed by atoms with Crippen LogP contribution >= 0.6 is 27.5 Å². The third-order valence-electron chi connectivity index (χ3n) is 2.96. The highest BCUT2D eigenvalue weighted by atomic mass is 79.9. The second-order valence-corrected chi connectivity index (χ2v) is 6.03. The molecule has 2 rings (SSSR count). The molecule has 0 fully saturated rings. The van der Waals surface area contributed by atoms with E-state index >= 15 is 0 Å². The van der Waals surface area contributed by atoms with Crippen LogP contribution < -0.4 is 5.32 Å². The Hall–Kier alpha value is -1.50. The Morgan fingerprint density at radius 3 is 2.60 bits per heavy atom. The first kappa shape index (κ1) is 14.9. The summed E-state index contributed by atoms with van der Waals surface area (Å²) in [6.45, 7) is 2.09. The minimum Gasteiger partial charge on any atom is -0.381 e. The summed E-state index contributed by atoms with van der Waals surface area (Å²) in [6, 6.07) is 15.8. The van der Waals surface area contributed by atoms with Crippen molar-refractivity contribution in [2.24, 2.45) is 0 Å². The minimum absolute atomic E-state index is 0.220. The van der Waals surface area contributed by atoms with Crippen molar-refractivity contribution in [1.29, 1.82) is 5.26 Å². The molecule has 0 heterocycles. The summed E-state index contributed by atoms with van der Waals surface area (Å²) >= 11 is 9.30. The van der Waals surface area contributed by atoms with Gasteiger partial charge in [-0.1, -0.05) is 39.7 Å².